The van der Waals surface area contributed by atoms with Gasteiger partial charge in [0.15, 0.2) is 0 Å². The van der Waals surface area contributed by atoms with Crippen molar-refractivity contribution < 1.29 is 13.2 Å². The molecule has 2 aromatic rings. The lowest BCUT2D eigenvalue weighted by Crippen LogP contribution is -2.49. The Labute approximate surface area is 161 Å². The Morgan fingerprint density at radius 1 is 0.963 bits per heavy atom. The zero-order valence-electron chi connectivity index (χ0n) is 15.9. The molecule has 1 aliphatic rings. The summed E-state index contributed by atoms with van der Waals surface area (Å²) in [6.45, 7) is 4.62. The van der Waals surface area contributed by atoms with Crippen molar-refractivity contribution in [1.29, 1.82) is 0 Å². The maximum Gasteiger partial charge on any atom is 0.254 e. The smallest absolute Gasteiger partial charge is 0.254 e. The van der Waals surface area contributed by atoms with E-state index in [1.165, 1.54) is 11.4 Å². The molecule has 0 saturated carbocycles. The van der Waals surface area contributed by atoms with E-state index in [1.54, 1.807) is 25.1 Å². The highest BCUT2D eigenvalue weighted by molar-refractivity contribution is 7.92. The second-order valence-electron chi connectivity index (χ2n) is 6.79. The van der Waals surface area contributed by atoms with Gasteiger partial charge in [-0.1, -0.05) is 24.3 Å². The predicted octanol–water partition coefficient (Wildman–Crippen LogP) is 2.35. The summed E-state index contributed by atoms with van der Waals surface area (Å²) in [5, 5.41) is 0. The van der Waals surface area contributed by atoms with Crippen LogP contribution in [0.5, 0.6) is 0 Å². The highest BCUT2D eigenvalue weighted by Gasteiger charge is 2.25. The fraction of sp³-hybridized carbons (Fsp3) is 0.350. The van der Waals surface area contributed by atoms with Crippen LogP contribution < -0.4 is 9.21 Å². The summed E-state index contributed by atoms with van der Waals surface area (Å²) in [5.74, 6) is -0.0519. The molecule has 6 nitrogen and oxygen atoms in total. The standard InChI is InChI=1S/C20H25N3O3S/c1-16-18(10-7-11-19(16)21(2)27(3,25)26)20(24)23-14-12-22(13-15-23)17-8-5-4-6-9-17/h4-11H,12-15H2,1-3H3. The molecule has 0 radical (unpaired) electrons. The molecule has 1 fully saturated rings. The molecule has 0 aromatic heterocycles. The largest absolute Gasteiger partial charge is 0.368 e. The highest BCUT2D eigenvalue weighted by atomic mass is 32.2. The first kappa shape index (κ1) is 19.2. The van der Waals surface area contributed by atoms with Crippen molar-refractivity contribution in [2.24, 2.45) is 0 Å². The van der Waals surface area contributed by atoms with Gasteiger partial charge in [0, 0.05) is 44.5 Å². The molecule has 3 rings (SSSR count). The second-order valence-corrected chi connectivity index (χ2v) is 8.81. The Balaban J connectivity index is 1.76. The molecule has 1 aliphatic heterocycles. The molecule has 27 heavy (non-hydrogen) atoms. The van der Waals surface area contributed by atoms with Crippen molar-refractivity contribution in [1.82, 2.24) is 4.90 Å². The molecule has 0 unspecified atom stereocenters. The van der Waals surface area contributed by atoms with Gasteiger partial charge in [-0.3, -0.25) is 9.10 Å². The number of benzene rings is 2. The highest BCUT2D eigenvalue weighted by Crippen LogP contribution is 2.25. The fourth-order valence-corrected chi connectivity index (χ4v) is 3.91. The Hall–Kier alpha value is -2.54. The average molecular weight is 388 g/mol. The van der Waals surface area contributed by atoms with Crippen LogP contribution in [0.3, 0.4) is 0 Å². The minimum absolute atomic E-state index is 0.0519. The Morgan fingerprint density at radius 2 is 1.59 bits per heavy atom. The van der Waals surface area contributed by atoms with Crippen molar-refractivity contribution >= 4 is 27.3 Å². The van der Waals surface area contributed by atoms with E-state index < -0.39 is 10.0 Å². The molecule has 7 heteroatoms. The van der Waals surface area contributed by atoms with Gasteiger partial charge in [-0.2, -0.15) is 0 Å². The molecule has 0 spiro atoms. The van der Waals surface area contributed by atoms with Gasteiger partial charge >= 0.3 is 0 Å². The van der Waals surface area contributed by atoms with Crippen LogP contribution in [0.4, 0.5) is 11.4 Å². The van der Waals surface area contributed by atoms with Gasteiger partial charge in [0.05, 0.1) is 11.9 Å². The number of piperazine rings is 1. The third kappa shape index (κ3) is 4.08. The first-order valence-electron chi connectivity index (χ1n) is 8.92. The number of rotatable bonds is 4. The molecule has 0 N–H and O–H groups in total. The van der Waals surface area contributed by atoms with E-state index in [-0.39, 0.29) is 5.91 Å². The van der Waals surface area contributed by atoms with Gasteiger partial charge in [0.25, 0.3) is 5.91 Å². The first-order chi connectivity index (χ1) is 12.8. The van der Waals surface area contributed by atoms with Gasteiger partial charge in [0.1, 0.15) is 0 Å². The van der Waals surface area contributed by atoms with Crippen LogP contribution >= 0.6 is 0 Å². The number of hydrogen-bond donors (Lipinski definition) is 0. The molecular formula is C20H25N3O3S. The van der Waals surface area contributed by atoms with Crippen LogP contribution in [0.1, 0.15) is 15.9 Å². The number of para-hydroxylation sites is 1. The molecule has 0 aliphatic carbocycles. The Kier molecular flexibility index (Phi) is 5.41. The monoisotopic (exact) mass is 387 g/mol. The summed E-state index contributed by atoms with van der Waals surface area (Å²) in [4.78, 5) is 17.1. The summed E-state index contributed by atoms with van der Waals surface area (Å²) in [5.41, 5.74) is 2.93. The van der Waals surface area contributed by atoms with E-state index in [2.05, 4.69) is 17.0 Å². The Morgan fingerprint density at radius 3 is 2.19 bits per heavy atom. The van der Waals surface area contributed by atoms with E-state index in [0.717, 1.165) is 25.0 Å². The quantitative estimate of drug-likeness (QED) is 0.808. The van der Waals surface area contributed by atoms with Crippen molar-refractivity contribution in [2.45, 2.75) is 6.92 Å². The van der Waals surface area contributed by atoms with E-state index in [9.17, 15) is 13.2 Å². The molecule has 0 atom stereocenters. The second kappa shape index (κ2) is 7.60. The first-order valence-corrected chi connectivity index (χ1v) is 10.8. The van der Waals surface area contributed by atoms with E-state index in [1.807, 2.05) is 23.1 Å². The lowest BCUT2D eigenvalue weighted by molar-refractivity contribution is 0.0746. The minimum Gasteiger partial charge on any atom is -0.368 e. The van der Waals surface area contributed by atoms with Crippen LogP contribution in [-0.4, -0.2) is 58.7 Å². The average Bonchev–Trinajstić information content (AvgIpc) is 2.67. The van der Waals surface area contributed by atoms with Crippen LogP contribution in [0.2, 0.25) is 0 Å². The maximum absolute atomic E-state index is 13.0. The third-order valence-corrected chi connectivity index (χ3v) is 6.25. The third-order valence-electron chi connectivity index (χ3n) is 5.06. The van der Waals surface area contributed by atoms with Crippen LogP contribution in [0.25, 0.3) is 0 Å². The number of hydrogen-bond acceptors (Lipinski definition) is 4. The van der Waals surface area contributed by atoms with Crippen LogP contribution in [-0.2, 0) is 10.0 Å². The van der Waals surface area contributed by atoms with E-state index in [4.69, 9.17) is 0 Å². The summed E-state index contributed by atoms with van der Waals surface area (Å²) >= 11 is 0. The molecule has 1 saturated heterocycles. The molecule has 2 aromatic carbocycles. The molecule has 144 valence electrons. The fourth-order valence-electron chi connectivity index (χ4n) is 3.35. The van der Waals surface area contributed by atoms with Gasteiger partial charge < -0.3 is 9.80 Å². The summed E-state index contributed by atoms with van der Waals surface area (Å²) in [7, 11) is -1.88. The van der Waals surface area contributed by atoms with Crippen molar-refractivity contribution in [3.63, 3.8) is 0 Å². The summed E-state index contributed by atoms with van der Waals surface area (Å²) in [6, 6.07) is 15.4. The van der Waals surface area contributed by atoms with E-state index in [0.29, 0.717) is 29.9 Å². The summed E-state index contributed by atoms with van der Waals surface area (Å²) in [6.07, 6.45) is 1.16. The molecule has 1 amide bonds. The van der Waals surface area contributed by atoms with Crippen LogP contribution in [0, 0.1) is 6.92 Å². The number of nitrogens with zero attached hydrogens (tertiary/aromatic N) is 3. The van der Waals surface area contributed by atoms with Crippen molar-refractivity contribution in [2.75, 3.05) is 48.7 Å². The van der Waals surface area contributed by atoms with Crippen LogP contribution in [0.15, 0.2) is 48.5 Å². The lowest BCUT2D eigenvalue weighted by Gasteiger charge is -2.36. The number of carbonyl (C=O) groups is 1. The van der Waals surface area contributed by atoms with Gasteiger partial charge in [-0.05, 0) is 36.8 Å². The minimum atomic E-state index is -3.38. The molecule has 0 bridgehead atoms. The lowest BCUT2D eigenvalue weighted by atomic mass is 10.0. The van der Waals surface area contributed by atoms with Crippen molar-refractivity contribution in [3.8, 4) is 0 Å². The van der Waals surface area contributed by atoms with Gasteiger partial charge in [-0.25, -0.2) is 8.42 Å². The SMILES string of the molecule is Cc1c(C(=O)N2CCN(c3ccccc3)CC2)cccc1N(C)S(C)(=O)=O. The topological polar surface area (TPSA) is 60.9 Å². The zero-order valence-corrected chi connectivity index (χ0v) is 16.7. The van der Waals surface area contributed by atoms with Gasteiger partial charge in [0.2, 0.25) is 10.0 Å². The number of anilines is 2. The number of amides is 1. The number of sulfonamides is 1. The predicted molar refractivity (Wildman–Crippen MR) is 109 cm³/mol. The maximum atomic E-state index is 13.0. The molecule has 1 heterocycles. The molecular weight excluding hydrogens is 362 g/mol. The Bertz CT molecular complexity index is 921. The van der Waals surface area contributed by atoms with Gasteiger partial charge in [-0.15, -0.1) is 0 Å². The van der Waals surface area contributed by atoms with Crippen molar-refractivity contribution in [3.05, 3.63) is 59.7 Å². The van der Waals surface area contributed by atoms with E-state index >= 15 is 0 Å². The zero-order chi connectivity index (χ0) is 19.6. The summed E-state index contributed by atoms with van der Waals surface area (Å²) < 4.78 is 24.9. The number of carbonyl (C=O) groups excluding carboxylic acids is 1. The normalized spacial score (nSPS) is 14.9.